The second kappa shape index (κ2) is 8.19. The molecule has 0 spiro atoms. The van der Waals surface area contributed by atoms with E-state index in [9.17, 15) is 14.9 Å². The number of benzene rings is 3. The Labute approximate surface area is 190 Å². The van der Waals surface area contributed by atoms with Gasteiger partial charge in [-0.1, -0.05) is 40.9 Å². The molecule has 0 aliphatic heterocycles. The molecule has 0 radical (unpaired) electrons. The van der Waals surface area contributed by atoms with E-state index < -0.39 is 10.8 Å². The number of anilines is 1. The Kier molecular flexibility index (Phi) is 5.58. The molecule has 4 rings (SSSR count). The molecule has 0 unspecified atom stereocenters. The number of carbonyl (C=O) groups excluding carboxylic acids is 1. The molecule has 3 aromatic carbocycles. The van der Waals surface area contributed by atoms with Gasteiger partial charge in [-0.2, -0.15) is 0 Å². The normalized spacial score (nSPS) is 11.0. The number of aromatic nitrogens is 1. The molecule has 0 aliphatic rings. The minimum Gasteiger partial charge on any atom is -0.435 e. The third-order valence-electron chi connectivity index (χ3n) is 4.55. The fourth-order valence-corrected chi connectivity index (χ4v) is 3.69. The minimum atomic E-state index is -0.594. The highest BCUT2D eigenvalue weighted by molar-refractivity contribution is 6.38. The number of halogens is 3. The van der Waals surface area contributed by atoms with Crippen molar-refractivity contribution >= 4 is 63.2 Å². The number of carbonyl (C=O) groups is 1. The highest BCUT2D eigenvalue weighted by atomic mass is 35.5. The number of fused-ring (bicyclic) bond motifs is 1. The van der Waals surface area contributed by atoms with Crippen molar-refractivity contribution in [2.24, 2.45) is 0 Å². The maximum Gasteiger partial charge on any atom is 0.270 e. The van der Waals surface area contributed by atoms with Gasteiger partial charge in [0.15, 0.2) is 5.58 Å². The third-order valence-corrected chi connectivity index (χ3v) is 5.38. The van der Waals surface area contributed by atoms with Crippen LogP contribution < -0.4 is 5.32 Å². The first kappa shape index (κ1) is 21.1. The van der Waals surface area contributed by atoms with Crippen LogP contribution in [0.2, 0.25) is 15.1 Å². The molecular weight excluding hydrogens is 465 g/mol. The van der Waals surface area contributed by atoms with Crippen LogP contribution >= 0.6 is 34.8 Å². The zero-order chi connectivity index (χ0) is 22.3. The lowest BCUT2D eigenvalue weighted by atomic mass is 10.1. The molecule has 1 aromatic heterocycles. The number of oxazole rings is 1. The molecule has 7 nitrogen and oxygen atoms in total. The Morgan fingerprint density at radius 2 is 1.84 bits per heavy atom. The average molecular weight is 477 g/mol. The van der Waals surface area contributed by atoms with Crippen molar-refractivity contribution < 1.29 is 14.1 Å². The molecule has 156 valence electrons. The van der Waals surface area contributed by atoms with Crippen LogP contribution in [-0.4, -0.2) is 15.8 Å². The van der Waals surface area contributed by atoms with Gasteiger partial charge < -0.3 is 9.73 Å². The number of nitro groups is 1. The fourth-order valence-electron chi connectivity index (χ4n) is 2.96. The summed E-state index contributed by atoms with van der Waals surface area (Å²) in [5.74, 6) is -0.288. The summed E-state index contributed by atoms with van der Waals surface area (Å²) in [5, 5.41) is 14.6. The molecule has 10 heteroatoms. The smallest absolute Gasteiger partial charge is 0.270 e. The first-order valence-electron chi connectivity index (χ1n) is 8.85. The SMILES string of the molecule is Cc1ccc(-c2nc3cc(Cl)cc(Cl)c3o2)cc1NC(=O)c1cc([N+](=O)[O-])ccc1Cl. The van der Waals surface area contributed by atoms with E-state index in [0.717, 1.165) is 11.6 Å². The average Bonchev–Trinajstić information content (AvgIpc) is 3.14. The summed E-state index contributed by atoms with van der Waals surface area (Å²) in [6.07, 6.45) is 0. The molecule has 1 heterocycles. The fraction of sp³-hybridized carbons (Fsp3) is 0.0476. The molecule has 0 bridgehead atoms. The van der Waals surface area contributed by atoms with Gasteiger partial charge in [-0.15, -0.1) is 0 Å². The number of nitro benzene ring substituents is 1. The largest absolute Gasteiger partial charge is 0.435 e. The molecule has 4 aromatic rings. The summed E-state index contributed by atoms with van der Waals surface area (Å²) in [4.78, 5) is 27.6. The number of hydrogen-bond acceptors (Lipinski definition) is 5. The molecule has 0 atom stereocenters. The van der Waals surface area contributed by atoms with Gasteiger partial charge in [0.2, 0.25) is 5.89 Å². The summed E-state index contributed by atoms with van der Waals surface area (Å²) in [6, 6.07) is 12.1. The molecule has 0 fully saturated rings. The van der Waals surface area contributed by atoms with Crippen molar-refractivity contribution in [2.45, 2.75) is 6.92 Å². The summed E-state index contributed by atoms with van der Waals surface area (Å²) in [6.45, 7) is 1.80. The van der Waals surface area contributed by atoms with Gasteiger partial charge >= 0.3 is 0 Å². The van der Waals surface area contributed by atoms with Gasteiger partial charge in [0.1, 0.15) is 5.52 Å². The van der Waals surface area contributed by atoms with E-state index in [2.05, 4.69) is 10.3 Å². The number of hydrogen-bond donors (Lipinski definition) is 1. The minimum absolute atomic E-state index is 0.0102. The third kappa shape index (κ3) is 4.20. The number of amides is 1. The molecule has 31 heavy (non-hydrogen) atoms. The molecule has 0 saturated heterocycles. The van der Waals surface area contributed by atoms with Crippen LogP contribution in [0.15, 0.2) is 52.9 Å². The van der Waals surface area contributed by atoms with Crippen molar-refractivity contribution in [3.63, 3.8) is 0 Å². The zero-order valence-electron chi connectivity index (χ0n) is 15.8. The van der Waals surface area contributed by atoms with E-state index in [-0.39, 0.29) is 16.3 Å². The number of non-ortho nitro benzene ring substituents is 1. The maximum atomic E-state index is 12.7. The van der Waals surface area contributed by atoms with Gasteiger partial charge in [0.25, 0.3) is 11.6 Å². The summed E-state index contributed by atoms with van der Waals surface area (Å²) >= 11 is 18.3. The highest BCUT2D eigenvalue weighted by Gasteiger charge is 2.18. The number of rotatable bonds is 4. The van der Waals surface area contributed by atoms with E-state index in [1.165, 1.54) is 12.1 Å². The standard InChI is InChI=1S/C21H12Cl3N3O4/c1-10-2-3-11(21-26-18-8-12(22)7-16(24)19(18)31-21)6-17(10)25-20(28)14-9-13(27(29)30)4-5-15(14)23/h2-9H,1H3,(H,25,28). The Hall–Kier alpha value is -3.13. The molecule has 1 amide bonds. The van der Waals surface area contributed by atoms with Crippen molar-refractivity contribution in [1.82, 2.24) is 4.98 Å². The Morgan fingerprint density at radius 3 is 2.58 bits per heavy atom. The van der Waals surface area contributed by atoms with Crippen LogP contribution in [0.4, 0.5) is 11.4 Å². The monoisotopic (exact) mass is 475 g/mol. The Bertz CT molecular complexity index is 1370. The van der Waals surface area contributed by atoms with Gasteiger partial charge in [-0.25, -0.2) is 4.98 Å². The van der Waals surface area contributed by atoms with Crippen LogP contribution in [0.3, 0.4) is 0 Å². The van der Waals surface area contributed by atoms with Crippen LogP contribution in [0.25, 0.3) is 22.6 Å². The van der Waals surface area contributed by atoms with Crippen molar-refractivity contribution in [3.8, 4) is 11.5 Å². The zero-order valence-corrected chi connectivity index (χ0v) is 18.0. The predicted octanol–water partition coefficient (Wildman–Crippen LogP) is 6.92. The number of aryl methyl sites for hydroxylation is 1. The lowest BCUT2D eigenvalue weighted by Crippen LogP contribution is -2.13. The van der Waals surface area contributed by atoms with Gasteiger partial charge in [-0.3, -0.25) is 14.9 Å². The van der Waals surface area contributed by atoms with Crippen LogP contribution in [0, 0.1) is 17.0 Å². The van der Waals surface area contributed by atoms with Crippen LogP contribution in [0.1, 0.15) is 15.9 Å². The van der Waals surface area contributed by atoms with Crippen LogP contribution in [-0.2, 0) is 0 Å². The maximum absolute atomic E-state index is 12.7. The lowest BCUT2D eigenvalue weighted by molar-refractivity contribution is -0.384. The highest BCUT2D eigenvalue weighted by Crippen LogP contribution is 2.33. The molecule has 1 N–H and O–H groups in total. The predicted molar refractivity (Wildman–Crippen MR) is 120 cm³/mol. The molecular formula is C21H12Cl3N3O4. The van der Waals surface area contributed by atoms with Gasteiger partial charge in [0.05, 0.1) is 20.5 Å². The topological polar surface area (TPSA) is 98.3 Å². The number of nitrogens with one attached hydrogen (secondary N) is 1. The second-order valence-electron chi connectivity index (χ2n) is 6.66. The van der Waals surface area contributed by atoms with Crippen molar-refractivity contribution in [2.75, 3.05) is 5.32 Å². The summed E-state index contributed by atoms with van der Waals surface area (Å²) in [7, 11) is 0. The van der Waals surface area contributed by atoms with Crippen molar-refractivity contribution in [3.05, 3.63) is 84.8 Å². The first-order valence-corrected chi connectivity index (χ1v) is 9.98. The van der Waals surface area contributed by atoms with E-state index in [1.54, 1.807) is 37.3 Å². The molecule has 0 aliphatic carbocycles. The summed E-state index contributed by atoms with van der Waals surface area (Å²) in [5.41, 5.74) is 2.48. The van der Waals surface area contributed by atoms with E-state index in [0.29, 0.717) is 38.3 Å². The van der Waals surface area contributed by atoms with Gasteiger partial charge in [-0.05, 0) is 42.8 Å². The lowest BCUT2D eigenvalue weighted by Gasteiger charge is -2.10. The number of nitrogens with zero attached hydrogens (tertiary/aromatic N) is 2. The van der Waals surface area contributed by atoms with Crippen molar-refractivity contribution in [1.29, 1.82) is 0 Å². The molecule has 0 saturated carbocycles. The van der Waals surface area contributed by atoms with E-state index >= 15 is 0 Å². The van der Waals surface area contributed by atoms with Crippen LogP contribution in [0.5, 0.6) is 0 Å². The summed E-state index contributed by atoms with van der Waals surface area (Å²) < 4.78 is 5.78. The quantitative estimate of drug-likeness (QED) is 0.254. The first-order chi connectivity index (χ1) is 14.7. The Balaban J connectivity index is 1.69. The van der Waals surface area contributed by atoms with Gasteiger partial charge in [0, 0.05) is 28.4 Å². The Morgan fingerprint density at radius 1 is 1.06 bits per heavy atom. The van der Waals surface area contributed by atoms with E-state index in [1.807, 2.05) is 0 Å². The van der Waals surface area contributed by atoms with E-state index in [4.69, 9.17) is 39.2 Å². The second-order valence-corrected chi connectivity index (χ2v) is 7.91.